The van der Waals surface area contributed by atoms with Gasteiger partial charge in [0.1, 0.15) is 7.11 Å². The summed E-state index contributed by atoms with van der Waals surface area (Å²) < 4.78 is 3.47. The predicted octanol–water partition coefficient (Wildman–Crippen LogP) is 3.01. The van der Waals surface area contributed by atoms with Crippen LogP contribution in [0.15, 0.2) is 47.3 Å². The molecule has 0 amide bonds. The summed E-state index contributed by atoms with van der Waals surface area (Å²) in [6.45, 7) is 2.01. The van der Waals surface area contributed by atoms with E-state index >= 15 is 0 Å². The summed E-state index contributed by atoms with van der Waals surface area (Å²) in [5.74, 6) is 0. The Balaban J connectivity index is 2.43. The van der Waals surface area contributed by atoms with E-state index in [1.165, 1.54) is 11.8 Å². The number of aromatic nitrogens is 2. The van der Waals surface area contributed by atoms with Crippen LogP contribution in [0.4, 0.5) is 0 Å². The topological polar surface area (TPSA) is 36.2 Å². The summed E-state index contributed by atoms with van der Waals surface area (Å²) in [6.07, 6.45) is 0. The van der Waals surface area contributed by atoms with Crippen molar-refractivity contribution < 1.29 is 4.84 Å². The van der Waals surface area contributed by atoms with E-state index in [9.17, 15) is 4.79 Å². The van der Waals surface area contributed by atoms with Gasteiger partial charge in [-0.15, -0.1) is 4.73 Å². The summed E-state index contributed by atoms with van der Waals surface area (Å²) in [5, 5.41) is 2.68. The van der Waals surface area contributed by atoms with Gasteiger partial charge in [-0.25, -0.2) is 0 Å². The summed E-state index contributed by atoms with van der Waals surface area (Å²) in [4.78, 5) is 18.3. The second-order valence-electron chi connectivity index (χ2n) is 5.60. The lowest BCUT2D eigenvalue weighted by Crippen LogP contribution is -2.25. The van der Waals surface area contributed by atoms with Crippen LogP contribution in [0.1, 0.15) is 5.56 Å². The molecule has 0 bridgehead atoms. The van der Waals surface area contributed by atoms with Gasteiger partial charge in [-0.1, -0.05) is 30.3 Å². The number of benzene rings is 2. The third kappa shape index (κ3) is 1.49. The average molecular weight is 292 g/mol. The van der Waals surface area contributed by atoms with Crippen LogP contribution in [-0.2, 0) is 7.05 Å². The quantitative estimate of drug-likeness (QED) is 0.540. The minimum Gasteiger partial charge on any atom is -0.413 e. The molecule has 0 spiro atoms. The minimum atomic E-state index is -0.118. The van der Waals surface area contributed by atoms with Crippen LogP contribution >= 0.6 is 0 Å². The molecule has 0 aliphatic rings. The Bertz CT molecular complexity index is 1100. The molecule has 110 valence electrons. The first kappa shape index (κ1) is 13.0. The standard InChI is InChI=1S/C18H16N2O2/c1-11-8-9-13-15(10-11)20(22-3)18(21)16-12-6-4-5-7-14(12)19(2)17(13)16/h4-10H,1-3H3. The van der Waals surface area contributed by atoms with Crippen molar-refractivity contribution in [2.75, 3.05) is 7.11 Å². The number of hydrogen-bond acceptors (Lipinski definition) is 2. The number of rotatable bonds is 1. The number of para-hydroxylation sites is 1. The molecule has 2 aromatic carbocycles. The first-order valence-electron chi connectivity index (χ1n) is 7.20. The highest BCUT2D eigenvalue weighted by atomic mass is 16.6. The fourth-order valence-corrected chi connectivity index (χ4v) is 3.33. The fourth-order valence-electron chi connectivity index (χ4n) is 3.33. The normalized spacial score (nSPS) is 11.6. The summed E-state index contributed by atoms with van der Waals surface area (Å²) >= 11 is 0. The summed E-state index contributed by atoms with van der Waals surface area (Å²) in [6, 6.07) is 14.1. The average Bonchev–Trinajstić information content (AvgIpc) is 2.82. The van der Waals surface area contributed by atoms with E-state index in [2.05, 4.69) is 16.7 Å². The molecule has 0 N–H and O–H groups in total. The summed E-state index contributed by atoms with van der Waals surface area (Å²) in [5.41, 5.74) is 3.77. The van der Waals surface area contributed by atoms with E-state index in [0.717, 1.165) is 32.9 Å². The fraction of sp³-hybridized carbons (Fsp3) is 0.167. The maximum Gasteiger partial charge on any atom is 0.293 e. The Labute approximate surface area is 127 Å². The van der Waals surface area contributed by atoms with Crippen LogP contribution in [0.5, 0.6) is 0 Å². The van der Waals surface area contributed by atoms with Crippen LogP contribution in [0.2, 0.25) is 0 Å². The lowest BCUT2D eigenvalue weighted by Gasteiger charge is -2.11. The molecule has 4 heteroatoms. The van der Waals surface area contributed by atoms with Crippen LogP contribution in [0.25, 0.3) is 32.7 Å². The second kappa shape index (κ2) is 4.37. The van der Waals surface area contributed by atoms with Gasteiger partial charge in [-0.2, -0.15) is 0 Å². The highest BCUT2D eigenvalue weighted by molar-refractivity contribution is 6.16. The minimum absolute atomic E-state index is 0.118. The SMILES string of the molecule is COn1c(=O)c2c3ccccc3n(C)c2c2ccc(C)cc21. The van der Waals surface area contributed by atoms with Crippen LogP contribution in [-0.4, -0.2) is 16.4 Å². The monoisotopic (exact) mass is 292 g/mol. The molecular formula is C18H16N2O2. The maximum atomic E-state index is 12.9. The van der Waals surface area contributed by atoms with Crippen molar-refractivity contribution in [3.05, 3.63) is 58.4 Å². The molecule has 22 heavy (non-hydrogen) atoms. The van der Waals surface area contributed by atoms with E-state index in [4.69, 9.17) is 4.84 Å². The second-order valence-corrected chi connectivity index (χ2v) is 5.60. The Hall–Kier alpha value is -2.75. The van der Waals surface area contributed by atoms with E-state index in [1.807, 2.05) is 44.3 Å². The maximum absolute atomic E-state index is 12.9. The van der Waals surface area contributed by atoms with Gasteiger partial charge in [0.15, 0.2) is 0 Å². The van der Waals surface area contributed by atoms with Crippen LogP contribution < -0.4 is 10.4 Å². The number of aryl methyl sites for hydroxylation is 2. The number of hydrogen-bond donors (Lipinski definition) is 0. The molecule has 0 aliphatic carbocycles. The Morgan fingerprint density at radius 2 is 1.77 bits per heavy atom. The van der Waals surface area contributed by atoms with Crippen molar-refractivity contribution in [2.24, 2.45) is 7.05 Å². The van der Waals surface area contributed by atoms with Crippen molar-refractivity contribution in [1.29, 1.82) is 0 Å². The van der Waals surface area contributed by atoms with E-state index in [0.29, 0.717) is 5.39 Å². The van der Waals surface area contributed by atoms with Crippen molar-refractivity contribution in [1.82, 2.24) is 9.30 Å². The molecular weight excluding hydrogens is 276 g/mol. The first-order chi connectivity index (χ1) is 10.6. The zero-order valence-electron chi connectivity index (χ0n) is 12.8. The smallest absolute Gasteiger partial charge is 0.293 e. The van der Waals surface area contributed by atoms with E-state index in [-0.39, 0.29) is 5.56 Å². The molecule has 0 aliphatic heterocycles. The van der Waals surface area contributed by atoms with Gasteiger partial charge in [0.2, 0.25) is 0 Å². The van der Waals surface area contributed by atoms with Gasteiger partial charge in [-0.3, -0.25) is 4.79 Å². The third-order valence-electron chi connectivity index (χ3n) is 4.32. The van der Waals surface area contributed by atoms with E-state index < -0.39 is 0 Å². The highest BCUT2D eigenvalue weighted by Gasteiger charge is 2.18. The molecule has 0 saturated heterocycles. The van der Waals surface area contributed by atoms with Gasteiger partial charge >= 0.3 is 0 Å². The van der Waals surface area contributed by atoms with Gasteiger partial charge < -0.3 is 9.40 Å². The van der Waals surface area contributed by atoms with Gasteiger partial charge in [0.25, 0.3) is 5.56 Å². The lowest BCUT2D eigenvalue weighted by atomic mass is 10.1. The number of pyridine rings is 1. The Morgan fingerprint density at radius 3 is 2.55 bits per heavy atom. The Kier molecular flexibility index (Phi) is 2.57. The van der Waals surface area contributed by atoms with Crippen molar-refractivity contribution in [2.45, 2.75) is 6.92 Å². The van der Waals surface area contributed by atoms with Gasteiger partial charge in [0, 0.05) is 23.3 Å². The molecule has 4 nitrogen and oxygen atoms in total. The first-order valence-corrected chi connectivity index (χ1v) is 7.20. The molecule has 4 rings (SSSR count). The van der Waals surface area contributed by atoms with E-state index in [1.54, 1.807) is 0 Å². The van der Waals surface area contributed by atoms with Gasteiger partial charge in [-0.05, 0) is 24.6 Å². The van der Waals surface area contributed by atoms with Crippen molar-refractivity contribution in [3.63, 3.8) is 0 Å². The third-order valence-corrected chi connectivity index (χ3v) is 4.32. The zero-order valence-corrected chi connectivity index (χ0v) is 12.8. The van der Waals surface area contributed by atoms with Gasteiger partial charge in [0.05, 0.1) is 16.4 Å². The van der Waals surface area contributed by atoms with Crippen LogP contribution in [0, 0.1) is 6.92 Å². The predicted molar refractivity (Wildman–Crippen MR) is 89.4 cm³/mol. The lowest BCUT2D eigenvalue weighted by molar-refractivity contribution is 0.170. The molecule has 0 radical (unpaired) electrons. The van der Waals surface area contributed by atoms with Crippen LogP contribution in [0.3, 0.4) is 0 Å². The Morgan fingerprint density at radius 1 is 1.00 bits per heavy atom. The molecule has 0 saturated carbocycles. The molecule has 0 unspecified atom stereocenters. The molecule has 0 fully saturated rings. The number of nitrogens with zero attached hydrogens (tertiary/aromatic N) is 2. The summed E-state index contributed by atoms with van der Waals surface area (Å²) in [7, 11) is 3.53. The van der Waals surface area contributed by atoms with Crippen molar-refractivity contribution >= 4 is 32.7 Å². The highest BCUT2D eigenvalue weighted by Crippen LogP contribution is 2.31. The molecule has 2 heterocycles. The zero-order chi connectivity index (χ0) is 15.4. The molecule has 2 aromatic heterocycles. The van der Waals surface area contributed by atoms with Crippen molar-refractivity contribution in [3.8, 4) is 0 Å². The largest absolute Gasteiger partial charge is 0.413 e. The molecule has 0 atom stereocenters. The number of fused-ring (bicyclic) bond motifs is 5. The molecule has 4 aromatic rings.